The van der Waals surface area contributed by atoms with Crippen LogP contribution in [-0.2, 0) is 4.79 Å². The third-order valence-corrected chi connectivity index (χ3v) is 1.90. The van der Waals surface area contributed by atoms with Crippen LogP contribution in [0.15, 0.2) is 5.11 Å². The maximum Gasteiger partial charge on any atom is 0.320 e. The second-order valence-electron chi connectivity index (χ2n) is 2.74. The molecule has 0 amide bonds. The summed E-state index contributed by atoms with van der Waals surface area (Å²) >= 11 is 0. The number of hydrogen-bond donors (Lipinski definition) is 2. The zero-order valence-corrected chi connectivity index (χ0v) is 6.47. The number of carboxylic acids is 1. The van der Waals surface area contributed by atoms with Crippen LogP contribution in [0.4, 0.5) is 0 Å². The fourth-order valence-electron chi connectivity index (χ4n) is 1.22. The monoisotopic (exact) mass is 170 g/mol. The summed E-state index contributed by atoms with van der Waals surface area (Å²) in [4.78, 5) is 13.1. The van der Waals surface area contributed by atoms with Crippen molar-refractivity contribution in [2.24, 2.45) is 5.11 Å². The van der Waals surface area contributed by atoms with E-state index >= 15 is 0 Å². The number of carboxylic acid groups (broad SMARTS) is 1. The van der Waals surface area contributed by atoms with Crippen LogP contribution >= 0.6 is 0 Å². The Labute approximate surface area is 69.2 Å². The van der Waals surface area contributed by atoms with E-state index in [1.165, 1.54) is 0 Å². The largest absolute Gasteiger partial charge is 0.480 e. The van der Waals surface area contributed by atoms with E-state index in [0.29, 0.717) is 19.4 Å². The summed E-state index contributed by atoms with van der Waals surface area (Å²) in [5.41, 5.74) is 8.11. The molecule has 0 aliphatic carbocycles. The average molecular weight is 170 g/mol. The van der Waals surface area contributed by atoms with Crippen LogP contribution in [0, 0.1) is 0 Å². The van der Waals surface area contributed by atoms with Gasteiger partial charge in [-0.25, -0.2) is 0 Å². The van der Waals surface area contributed by atoms with Gasteiger partial charge in [-0.2, -0.15) is 0 Å². The molecule has 0 saturated carbocycles. The fraction of sp³-hybridized carbons (Fsp3) is 0.833. The predicted octanol–water partition coefficient (Wildman–Crippen LogP) is 0.502. The predicted molar refractivity (Wildman–Crippen MR) is 41.6 cm³/mol. The molecule has 1 heterocycles. The van der Waals surface area contributed by atoms with Crippen LogP contribution in [0.2, 0.25) is 0 Å². The van der Waals surface area contributed by atoms with Gasteiger partial charge in [-0.15, -0.1) is 0 Å². The summed E-state index contributed by atoms with van der Waals surface area (Å²) in [6.45, 7) is 0.459. The van der Waals surface area contributed by atoms with Gasteiger partial charge in [0.1, 0.15) is 6.04 Å². The van der Waals surface area contributed by atoms with Crippen molar-refractivity contribution in [2.75, 3.05) is 6.54 Å². The summed E-state index contributed by atoms with van der Waals surface area (Å²) in [5.74, 6) is -0.839. The molecule has 0 bridgehead atoms. The van der Waals surface area contributed by atoms with Crippen LogP contribution in [0.1, 0.15) is 12.8 Å². The lowest BCUT2D eigenvalue weighted by molar-refractivity contribution is -0.140. The molecule has 1 aliphatic heterocycles. The molecule has 1 fully saturated rings. The lowest BCUT2D eigenvalue weighted by Crippen LogP contribution is -2.45. The molecule has 12 heavy (non-hydrogen) atoms. The smallest absolute Gasteiger partial charge is 0.320 e. The first-order valence-corrected chi connectivity index (χ1v) is 3.74. The third kappa shape index (κ3) is 2.11. The second kappa shape index (κ2) is 3.94. The van der Waals surface area contributed by atoms with Gasteiger partial charge < -0.3 is 10.4 Å². The lowest BCUT2D eigenvalue weighted by Gasteiger charge is -2.23. The number of carbonyl (C=O) groups is 1. The average Bonchev–Trinajstić information content (AvgIpc) is 2.06. The minimum absolute atomic E-state index is 0.0920. The Morgan fingerprint density at radius 1 is 1.67 bits per heavy atom. The first-order valence-electron chi connectivity index (χ1n) is 3.74. The van der Waals surface area contributed by atoms with E-state index in [-0.39, 0.29) is 6.04 Å². The molecule has 0 spiro atoms. The topological polar surface area (TPSA) is 98.1 Å². The van der Waals surface area contributed by atoms with Crippen molar-refractivity contribution in [3.05, 3.63) is 10.4 Å². The van der Waals surface area contributed by atoms with Crippen molar-refractivity contribution in [1.29, 1.82) is 0 Å². The van der Waals surface area contributed by atoms with Gasteiger partial charge in [0.15, 0.2) is 0 Å². The first-order chi connectivity index (χ1) is 5.74. The summed E-state index contributed by atoms with van der Waals surface area (Å²) in [7, 11) is 0. The van der Waals surface area contributed by atoms with Gasteiger partial charge in [-0.1, -0.05) is 5.11 Å². The van der Waals surface area contributed by atoms with E-state index in [9.17, 15) is 4.79 Å². The van der Waals surface area contributed by atoms with Gasteiger partial charge in [0.05, 0.1) is 0 Å². The third-order valence-electron chi connectivity index (χ3n) is 1.90. The highest BCUT2D eigenvalue weighted by Gasteiger charge is 2.24. The highest BCUT2D eigenvalue weighted by Crippen LogP contribution is 2.11. The number of azide groups is 1. The number of hydrogen-bond acceptors (Lipinski definition) is 3. The molecule has 0 unspecified atom stereocenters. The number of nitrogens with zero attached hydrogens (tertiary/aromatic N) is 3. The van der Waals surface area contributed by atoms with Gasteiger partial charge in [0, 0.05) is 17.5 Å². The quantitative estimate of drug-likeness (QED) is 0.358. The Morgan fingerprint density at radius 2 is 2.42 bits per heavy atom. The molecular weight excluding hydrogens is 160 g/mol. The van der Waals surface area contributed by atoms with Crippen LogP contribution in [0.3, 0.4) is 0 Å². The molecule has 0 aromatic carbocycles. The fourth-order valence-corrected chi connectivity index (χ4v) is 1.22. The van der Waals surface area contributed by atoms with Crippen molar-refractivity contribution < 1.29 is 9.90 Å². The highest BCUT2D eigenvalue weighted by molar-refractivity contribution is 5.73. The van der Waals surface area contributed by atoms with Crippen molar-refractivity contribution in [2.45, 2.75) is 24.9 Å². The Morgan fingerprint density at radius 3 is 2.83 bits per heavy atom. The van der Waals surface area contributed by atoms with Gasteiger partial charge in [-0.3, -0.25) is 4.79 Å². The van der Waals surface area contributed by atoms with Gasteiger partial charge >= 0.3 is 5.97 Å². The zero-order valence-electron chi connectivity index (χ0n) is 6.47. The van der Waals surface area contributed by atoms with Crippen LogP contribution in [0.25, 0.3) is 10.4 Å². The van der Waals surface area contributed by atoms with Crippen molar-refractivity contribution in [1.82, 2.24) is 5.32 Å². The standard InChI is InChI=1S/C6H10N4O2/c7-10-9-4-1-2-5(6(11)12)8-3-4/h4-5,8H,1-3H2,(H,11,12)/t4-,5-/m0/s1. The van der Waals surface area contributed by atoms with Gasteiger partial charge in [-0.05, 0) is 18.4 Å². The molecule has 1 saturated heterocycles. The normalized spacial score (nSPS) is 29.0. The van der Waals surface area contributed by atoms with Crippen LogP contribution in [-0.4, -0.2) is 29.7 Å². The lowest BCUT2D eigenvalue weighted by atomic mass is 10.0. The number of nitrogens with one attached hydrogen (secondary N) is 1. The molecule has 1 rings (SSSR count). The molecule has 6 nitrogen and oxygen atoms in total. The minimum atomic E-state index is -0.839. The molecule has 66 valence electrons. The van der Waals surface area contributed by atoms with E-state index in [1.807, 2.05) is 0 Å². The van der Waals surface area contributed by atoms with Crippen LogP contribution in [0.5, 0.6) is 0 Å². The Balaban J connectivity index is 2.39. The van der Waals surface area contributed by atoms with E-state index in [4.69, 9.17) is 10.6 Å². The molecule has 1 aliphatic rings. The summed E-state index contributed by atoms with van der Waals surface area (Å²) in [5, 5.41) is 14.9. The molecule has 2 atom stereocenters. The second-order valence-corrected chi connectivity index (χ2v) is 2.74. The zero-order chi connectivity index (χ0) is 8.97. The molecule has 0 aromatic rings. The molecule has 2 N–H and O–H groups in total. The molecular formula is C6H10N4O2. The number of rotatable bonds is 2. The van der Waals surface area contributed by atoms with Crippen molar-refractivity contribution in [3.8, 4) is 0 Å². The summed E-state index contributed by atoms with van der Waals surface area (Å²) in [6.07, 6.45) is 1.17. The number of piperidine rings is 1. The maximum atomic E-state index is 10.5. The molecule has 0 radical (unpaired) electrons. The summed E-state index contributed by atoms with van der Waals surface area (Å²) in [6, 6.07) is -0.569. The molecule has 6 heteroatoms. The van der Waals surface area contributed by atoms with E-state index < -0.39 is 12.0 Å². The van der Waals surface area contributed by atoms with Crippen molar-refractivity contribution >= 4 is 5.97 Å². The summed E-state index contributed by atoms with van der Waals surface area (Å²) < 4.78 is 0. The van der Waals surface area contributed by atoms with E-state index in [0.717, 1.165) is 0 Å². The van der Waals surface area contributed by atoms with Crippen molar-refractivity contribution in [3.63, 3.8) is 0 Å². The highest BCUT2D eigenvalue weighted by atomic mass is 16.4. The Bertz CT molecular complexity index is 206. The van der Waals surface area contributed by atoms with Gasteiger partial charge in [0.25, 0.3) is 0 Å². The Kier molecular flexibility index (Phi) is 2.90. The maximum absolute atomic E-state index is 10.5. The van der Waals surface area contributed by atoms with E-state index in [2.05, 4.69) is 15.3 Å². The first kappa shape index (κ1) is 8.83. The Hall–Kier alpha value is -1.26. The minimum Gasteiger partial charge on any atom is -0.480 e. The van der Waals surface area contributed by atoms with Gasteiger partial charge in [0.2, 0.25) is 0 Å². The number of aliphatic carboxylic acids is 1. The SMILES string of the molecule is [N-]=[N+]=N[C@H]1CC[C@@H](C(=O)O)NC1. The van der Waals surface area contributed by atoms with E-state index in [1.54, 1.807) is 0 Å². The van der Waals surface area contributed by atoms with Crippen LogP contribution < -0.4 is 5.32 Å². The molecule has 0 aromatic heterocycles.